The van der Waals surface area contributed by atoms with E-state index in [-0.39, 0.29) is 0 Å². The molecule has 0 aromatic heterocycles. The van der Waals surface area contributed by atoms with Gasteiger partial charge >= 0.3 is 0 Å². The van der Waals surface area contributed by atoms with Crippen LogP contribution in [0.2, 0.25) is 0 Å². The zero-order valence-electron chi connectivity index (χ0n) is 13.2. The first kappa shape index (κ1) is 15.0. The molecule has 3 heteroatoms. The fourth-order valence-corrected chi connectivity index (χ4v) is 6.28. The highest BCUT2D eigenvalue weighted by Crippen LogP contribution is 2.57. The molecule has 4 aliphatic rings. The molecule has 4 fully saturated rings. The summed E-state index contributed by atoms with van der Waals surface area (Å²) in [7, 11) is 0. The van der Waals surface area contributed by atoms with Crippen LogP contribution in [0.25, 0.3) is 0 Å². The standard InChI is InChI=1S/C19H26BrNO/c20-17-3-4-18(22)16(7-17)11-21-12-19-8-13-1-2-14(9-19)6-15(5-13)10-19/h3-4,7,13-15,21-22H,1-2,5-6,8-12H2/p+1/t13-,14+,15?,19?. The molecule has 0 aliphatic heterocycles. The van der Waals surface area contributed by atoms with Gasteiger partial charge in [-0.1, -0.05) is 28.8 Å². The summed E-state index contributed by atoms with van der Waals surface area (Å²) in [5.74, 6) is 3.48. The predicted octanol–water partition coefficient (Wildman–Crippen LogP) is 3.82. The third-order valence-corrected chi connectivity index (χ3v) is 6.96. The largest absolute Gasteiger partial charge is 0.507 e. The van der Waals surface area contributed by atoms with Crippen LogP contribution < -0.4 is 5.32 Å². The number of hydrogen-bond donors (Lipinski definition) is 2. The predicted molar refractivity (Wildman–Crippen MR) is 91.5 cm³/mol. The monoisotopic (exact) mass is 364 g/mol. The lowest BCUT2D eigenvalue weighted by Gasteiger charge is -2.47. The Balaban J connectivity index is 1.42. The molecule has 1 aromatic rings. The molecule has 2 unspecified atom stereocenters. The third-order valence-electron chi connectivity index (χ3n) is 6.46. The van der Waals surface area contributed by atoms with Gasteiger partial charge in [-0.25, -0.2) is 0 Å². The van der Waals surface area contributed by atoms with Gasteiger partial charge in [0.05, 0.1) is 6.54 Å². The molecule has 4 bridgehead atoms. The average Bonchev–Trinajstić information content (AvgIpc) is 2.68. The Morgan fingerprint density at radius 1 is 1.09 bits per heavy atom. The van der Waals surface area contributed by atoms with Gasteiger partial charge in [-0.3, -0.25) is 0 Å². The Morgan fingerprint density at radius 3 is 2.50 bits per heavy atom. The number of benzene rings is 1. The fourth-order valence-electron chi connectivity index (χ4n) is 5.87. The van der Waals surface area contributed by atoms with Gasteiger partial charge in [-0.15, -0.1) is 0 Å². The van der Waals surface area contributed by atoms with Gasteiger partial charge in [0.2, 0.25) is 0 Å². The number of phenolic OH excluding ortho intramolecular Hbond substituents is 1. The van der Waals surface area contributed by atoms with Crippen molar-refractivity contribution in [2.24, 2.45) is 23.2 Å². The van der Waals surface area contributed by atoms with Crippen molar-refractivity contribution in [3.8, 4) is 5.75 Å². The minimum Gasteiger partial charge on any atom is -0.507 e. The van der Waals surface area contributed by atoms with Crippen LogP contribution in [0.3, 0.4) is 0 Å². The summed E-state index contributed by atoms with van der Waals surface area (Å²) in [5, 5.41) is 12.5. The third kappa shape index (κ3) is 2.94. The Labute approximate surface area is 141 Å². The van der Waals surface area contributed by atoms with E-state index in [9.17, 15) is 5.11 Å². The maximum atomic E-state index is 10.00. The highest BCUT2D eigenvalue weighted by molar-refractivity contribution is 9.10. The van der Waals surface area contributed by atoms with Gasteiger partial charge in [0, 0.05) is 15.5 Å². The lowest BCUT2D eigenvalue weighted by Crippen LogP contribution is -2.86. The summed E-state index contributed by atoms with van der Waals surface area (Å²) in [6, 6.07) is 5.75. The molecule has 5 rings (SSSR count). The summed E-state index contributed by atoms with van der Waals surface area (Å²) >= 11 is 3.51. The smallest absolute Gasteiger partial charge is 0.124 e. The molecule has 0 heterocycles. The SMILES string of the molecule is Oc1ccc(Br)cc1C[NH2+]CC12CC3C[C@@H](CC[C@@H](C3)C1)C2. The second-order valence-electron chi connectivity index (χ2n) is 8.23. The van der Waals surface area contributed by atoms with Crippen LogP contribution in [0.15, 0.2) is 22.7 Å². The van der Waals surface area contributed by atoms with Crippen molar-refractivity contribution < 1.29 is 10.4 Å². The van der Waals surface area contributed by atoms with Crippen molar-refractivity contribution in [1.82, 2.24) is 0 Å². The van der Waals surface area contributed by atoms with Crippen molar-refractivity contribution in [3.63, 3.8) is 0 Å². The summed E-state index contributed by atoms with van der Waals surface area (Å²) in [6.07, 6.45) is 10.4. The highest BCUT2D eigenvalue weighted by Gasteiger charge is 2.49. The van der Waals surface area contributed by atoms with Gasteiger partial charge in [-0.2, -0.15) is 0 Å². The van der Waals surface area contributed by atoms with E-state index in [0.29, 0.717) is 11.2 Å². The number of halogens is 1. The topological polar surface area (TPSA) is 36.8 Å². The van der Waals surface area contributed by atoms with Crippen molar-refractivity contribution >= 4 is 15.9 Å². The molecular weight excluding hydrogens is 338 g/mol. The summed E-state index contributed by atoms with van der Waals surface area (Å²) in [6.45, 7) is 2.15. The number of rotatable bonds is 4. The highest BCUT2D eigenvalue weighted by atomic mass is 79.9. The number of fused-ring (bicyclic) bond motifs is 1. The van der Waals surface area contributed by atoms with Gasteiger partial charge in [0.15, 0.2) is 0 Å². The van der Waals surface area contributed by atoms with Crippen LogP contribution in [0.4, 0.5) is 0 Å². The van der Waals surface area contributed by atoms with Gasteiger partial charge in [-0.05, 0) is 68.1 Å². The van der Waals surface area contributed by atoms with E-state index >= 15 is 0 Å². The molecule has 4 saturated carbocycles. The maximum absolute atomic E-state index is 10.00. The molecule has 3 N–H and O–H groups in total. The molecular formula is C19H27BrNO+. The molecule has 22 heavy (non-hydrogen) atoms. The quantitative estimate of drug-likeness (QED) is 0.836. The average molecular weight is 365 g/mol. The molecule has 1 aromatic carbocycles. The van der Waals surface area contributed by atoms with Gasteiger partial charge < -0.3 is 10.4 Å². The first-order valence-corrected chi connectivity index (χ1v) is 9.70. The van der Waals surface area contributed by atoms with E-state index in [2.05, 4.69) is 27.3 Å². The molecule has 0 radical (unpaired) electrons. The van der Waals surface area contributed by atoms with E-state index in [1.165, 1.54) is 51.5 Å². The Kier molecular flexibility index (Phi) is 3.98. The van der Waals surface area contributed by atoms with Gasteiger partial charge in [0.25, 0.3) is 0 Å². The van der Waals surface area contributed by atoms with Crippen LogP contribution >= 0.6 is 15.9 Å². The van der Waals surface area contributed by atoms with E-state index in [4.69, 9.17) is 0 Å². The summed E-state index contributed by atoms with van der Waals surface area (Å²) < 4.78 is 1.06. The van der Waals surface area contributed by atoms with Crippen LogP contribution in [-0.2, 0) is 6.54 Å². The Hall–Kier alpha value is -0.540. The lowest BCUT2D eigenvalue weighted by atomic mass is 9.58. The second kappa shape index (κ2) is 5.83. The van der Waals surface area contributed by atoms with Crippen molar-refractivity contribution in [2.45, 2.75) is 51.5 Å². The lowest BCUT2D eigenvalue weighted by molar-refractivity contribution is -0.683. The Bertz CT molecular complexity index is 542. The molecule has 0 spiro atoms. The van der Waals surface area contributed by atoms with Crippen LogP contribution in [-0.4, -0.2) is 11.7 Å². The molecule has 4 aliphatic carbocycles. The van der Waals surface area contributed by atoms with Crippen LogP contribution in [0.1, 0.15) is 50.5 Å². The number of quaternary nitrogens is 1. The molecule has 2 nitrogen and oxygen atoms in total. The molecule has 120 valence electrons. The fraction of sp³-hybridized carbons (Fsp3) is 0.684. The second-order valence-corrected chi connectivity index (χ2v) is 9.14. The van der Waals surface area contributed by atoms with E-state index in [1.54, 1.807) is 6.07 Å². The van der Waals surface area contributed by atoms with Crippen molar-refractivity contribution in [1.29, 1.82) is 0 Å². The molecule has 0 saturated heterocycles. The number of aromatic hydroxyl groups is 1. The first-order chi connectivity index (χ1) is 10.6. The normalized spacial score (nSPS) is 36.5. The maximum Gasteiger partial charge on any atom is 0.124 e. The molecule has 4 atom stereocenters. The van der Waals surface area contributed by atoms with E-state index in [0.717, 1.165) is 34.3 Å². The first-order valence-electron chi connectivity index (χ1n) is 8.91. The zero-order valence-corrected chi connectivity index (χ0v) is 14.8. The van der Waals surface area contributed by atoms with Gasteiger partial charge in [0.1, 0.15) is 12.3 Å². The van der Waals surface area contributed by atoms with Crippen LogP contribution in [0, 0.1) is 23.2 Å². The van der Waals surface area contributed by atoms with Crippen LogP contribution in [0.5, 0.6) is 5.75 Å². The Morgan fingerprint density at radius 2 is 1.77 bits per heavy atom. The van der Waals surface area contributed by atoms with E-state index < -0.39 is 0 Å². The van der Waals surface area contributed by atoms with Crippen molar-refractivity contribution in [2.75, 3.05) is 6.54 Å². The summed E-state index contributed by atoms with van der Waals surface area (Å²) in [5.41, 5.74) is 1.66. The summed E-state index contributed by atoms with van der Waals surface area (Å²) in [4.78, 5) is 0. The molecule has 0 amide bonds. The minimum atomic E-state index is 0.433. The number of phenols is 1. The van der Waals surface area contributed by atoms with E-state index in [1.807, 2.05) is 6.07 Å². The number of nitrogens with two attached hydrogens (primary N) is 1. The number of hydrogen-bond acceptors (Lipinski definition) is 1. The minimum absolute atomic E-state index is 0.433. The van der Waals surface area contributed by atoms with Crippen molar-refractivity contribution in [3.05, 3.63) is 28.2 Å². The zero-order chi connectivity index (χ0) is 15.2.